The Morgan fingerprint density at radius 3 is 2.50 bits per heavy atom. The number of amides is 1. The summed E-state index contributed by atoms with van der Waals surface area (Å²) >= 11 is 1.29. The van der Waals surface area contributed by atoms with Crippen LogP contribution in [0.3, 0.4) is 0 Å². The number of rotatable bonds is 7. The first kappa shape index (κ1) is 18.4. The van der Waals surface area contributed by atoms with E-state index in [0.717, 1.165) is 0 Å². The summed E-state index contributed by atoms with van der Waals surface area (Å²) in [6.45, 7) is 4.69. The van der Waals surface area contributed by atoms with Crippen molar-refractivity contribution in [1.29, 1.82) is 0 Å². The zero-order chi connectivity index (χ0) is 16.9. The monoisotopic (exact) mass is 325 g/mol. The van der Waals surface area contributed by atoms with Crippen LogP contribution in [0, 0.1) is 16.0 Å². The van der Waals surface area contributed by atoms with Gasteiger partial charge in [0.2, 0.25) is 0 Å². The molecule has 0 spiro atoms. The first-order chi connectivity index (χ1) is 10.3. The van der Waals surface area contributed by atoms with Crippen LogP contribution >= 0.6 is 11.8 Å². The van der Waals surface area contributed by atoms with Gasteiger partial charge in [0.05, 0.1) is 9.82 Å². The Bertz CT molecular complexity index is 539. The van der Waals surface area contributed by atoms with Crippen molar-refractivity contribution < 1.29 is 9.72 Å². The molecule has 0 fully saturated rings. The Morgan fingerprint density at radius 1 is 1.41 bits per heavy atom. The summed E-state index contributed by atoms with van der Waals surface area (Å²) in [5, 5.41) is 13.9. The number of carbonyl (C=O) groups excluding carboxylic acids is 1. The number of nitro benzene ring substituents is 1. The lowest BCUT2D eigenvalue weighted by atomic mass is 10.0. The van der Waals surface area contributed by atoms with Crippen LogP contribution in [-0.4, -0.2) is 48.7 Å². The Morgan fingerprint density at radius 2 is 2.05 bits per heavy atom. The Balaban J connectivity index is 2.86. The molecule has 0 aliphatic rings. The summed E-state index contributed by atoms with van der Waals surface area (Å²) in [4.78, 5) is 25.4. The van der Waals surface area contributed by atoms with Gasteiger partial charge < -0.3 is 10.2 Å². The second-order valence-electron chi connectivity index (χ2n) is 5.63. The molecule has 1 atom stereocenters. The Labute approximate surface area is 135 Å². The predicted molar refractivity (Wildman–Crippen MR) is 89.5 cm³/mol. The first-order valence-electron chi connectivity index (χ1n) is 7.05. The van der Waals surface area contributed by atoms with Gasteiger partial charge in [-0.1, -0.05) is 13.8 Å². The lowest BCUT2D eigenvalue weighted by Gasteiger charge is -2.28. The highest BCUT2D eigenvalue weighted by molar-refractivity contribution is 7.98. The fraction of sp³-hybridized carbons (Fsp3) is 0.533. The van der Waals surface area contributed by atoms with E-state index in [1.807, 2.05) is 14.1 Å². The molecule has 0 aliphatic carbocycles. The molecule has 0 radical (unpaired) electrons. The van der Waals surface area contributed by atoms with E-state index in [0.29, 0.717) is 22.9 Å². The van der Waals surface area contributed by atoms with Gasteiger partial charge in [0, 0.05) is 24.2 Å². The zero-order valence-electron chi connectivity index (χ0n) is 13.6. The fourth-order valence-corrected chi connectivity index (χ4v) is 2.83. The third-order valence-electron chi connectivity index (χ3n) is 3.54. The second-order valence-corrected chi connectivity index (χ2v) is 6.48. The minimum absolute atomic E-state index is 0.0341. The van der Waals surface area contributed by atoms with Crippen molar-refractivity contribution >= 4 is 23.4 Å². The second kappa shape index (κ2) is 8.14. The number of benzene rings is 1. The molecular formula is C15H23N3O3S. The van der Waals surface area contributed by atoms with E-state index < -0.39 is 4.92 Å². The highest BCUT2D eigenvalue weighted by Crippen LogP contribution is 2.28. The number of thioether (sulfide) groups is 1. The largest absolute Gasteiger partial charge is 0.350 e. The van der Waals surface area contributed by atoms with E-state index in [1.54, 1.807) is 18.4 Å². The lowest BCUT2D eigenvalue weighted by Crippen LogP contribution is -2.43. The number of nitrogens with one attached hydrogen (secondary N) is 1. The molecule has 0 bridgehead atoms. The van der Waals surface area contributed by atoms with E-state index in [9.17, 15) is 14.9 Å². The normalized spacial score (nSPS) is 12.5. The SMILES string of the molecule is CSc1ccc(C(=O)NCC(C(C)C)N(C)C)cc1[N+](=O)[O-]. The lowest BCUT2D eigenvalue weighted by molar-refractivity contribution is -0.387. The summed E-state index contributed by atoms with van der Waals surface area (Å²) in [5.41, 5.74) is 0.277. The predicted octanol–water partition coefficient (Wildman–Crippen LogP) is 2.63. The zero-order valence-corrected chi connectivity index (χ0v) is 14.4. The molecule has 1 aromatic rings. The van der Waals surface area contributed by atoms with Gasteiger partial charge in [0.15, 0.2) is 0 Å². The van der Waals surface area contributed by atoms with Gasteiger partial charge in [0.1, 0.15) is 0 Å². The molecule has 1 unspecified atom stereocenters. The summed E-state index contributed by atoms with van der Waals surface area (Å²) in [7, 11) is 3.93. The van der Waals surface area contributed by atoms with Crippen molar-refractivity contribution in [2.75, 3.05) is 26.9 Å². The van der Waals surface area contributed by atoms with Gasteiger partial charge >= 0.3 is 0 Å². The summed E-state index contributed by atoms with van der Waals surface area (Å²) in [6.07, 6.45) is 1.77. The molecule has 0 aliphatic heterocycles. The molecule has 1 amide bonds. The minimum Gasteiger partial charge on any atom is -0.350 e. The van der Waals surface area contributed by atoms with Crippen LogP contribution < -0.4 is 5.32 Å². The molecule has 6 nitrogen and oxygen atoms in total. The topological polar surface area (TPSA) is 75.5 Å². The maximum atomic E-state index is 12.2. The third kappa shape index (κ3) is 4.71. The van der Waals surface area contributed by atoms with Crippen LogP contribution in [0.2, 0.25) is 0 Å². The number of nitrogens with zero attached hydrogens (tertiary/aromatic N) is 2. The number of nitro groups is 1. The molecule has 0 saturated carbocycles. The number of hydrogen-bond donors (Lipinski definition) is 1. The van der Waals surface area contributed by atoms with Crippen LogP contribution in [-0.2, 0) is 0 Å². The number of carbonyl (C=O) groups is 1. The standard InChI is InChI=1S/C15H23N3O3S/c1-10(2)13(17(3)4)9-16-15(19)11-6-7-14(22-5)12(8-11)18(20)21/h6-8,10,13H,9H2,1-5H3,(H,16,19). The number of hydrogen-bond acceptors (Lipinski definition) is 5. The molecule has 1 rings (SSSR count). The van der Waals surface area contributed by atoms with E-state index in [-0.39, 0.29) is 17.6 Å². The highest BCUT2D eigenvalue weighted by atomic mass is 32.2. The van der Waals surface area contributed by atoms with Gasteiger partial charge in [-0.05, 0) is 38.4 Å². The van der Waals surface area contributed by atoms with Gasteiger partial charge in [-0.3, -0.25) is 14.9 Å². The summed E-state index contributed by atoms with van der Waals surface area (Å²) in [5.74, 6) is 0.103. The molecule has 1 N–H and O–H groups in total. The van der Waals surface area contributed by atoms with Crippen molar-refractivity contribution in [3.63, 3.8) is 0 Å². The van der Waals surface area contributed by atoms with E-state index in [2.05, 4.69) is 24.1 Å². The molecule has 0 saturated heterocycles. The van der Waals surface area contributed by atoms with Crippen molar-refractivity contribution in [2.24, 2.45) is 5.92 Å². The first-order valence-corrected chi connectivity index (χ1v) is 8.27. The van der Waals surface area contributed by atoms with Crippen LogP contribution in [0.25, 0.3) is 0 Å². The smallest absolute Gasteiger partial charge is 0.283 e. The van der Waals surface area contributed by atoms with Gasteiger partial charge in [0.25, 0.3) is 11.6 Å². The highest BCUT2D eigenvalue weighted by Gasteiger charge is 2.19. The summed E-state index contributed by atoms with van der Waals surface area (Å²) in [6, 6.07) is 4.78. The average Bonchev–Trinajstić information content (AvgIpc) is 2.45. The Hall–Kier alpha value is -1.60. The van der Waals surface area contributed by atoms with Crippen LogP contribution in [0.5, 0.6) is 0 Å². The third-order valence-corrected chi connectivity index (χ3v) is 4.33. The maximum Gasteiger partial charge on any atom is 0.283 e. The molecule has 22 heavy (non-hydrogen) atoms. The van der Waals surface area contributed by atoms with Crippen LogP contribution in [0.1, 0.15) is 24.2 Å². The van der Waals surface area contributed by atoms with Gasteiger partial charge in [-0.15, -0.1) is 11.8 Å². The molecule has 1 aromatic carbocycles. The maximum absolute atomic E-state index is 12.2. The van der Waals surface area contributed by atoms with Crippen molar-refractivity contribution in [1.82, 2.24) is 10.2 Å². The minimum atomic E-state index is -0.459. The van der Waals surface area contributed by atoms with Crippen molar-refractivity contribution in [2.45, 2.75) is 24.8 Å². The fourth-order valence-electron chi connectivity index (χ4n) is 2.29. The summed E-state index contributed by atoms with van der Waals surface area (Å²) < 4.78 is 0. The van der Waals surface area contributed by atoms with E-state index >= 15 is 0 Å². The number of likely N-dealkylation sites (N-methyl/N-ethyl adjacent to an activating group) is 1. The van der Waals surface area contributed by atoms with Crippen molar-refractivity contribution in [3.05, 3.63) is 33.9 Å². The van der Waals surface area contributed by atoms with E-state index in [4.69, 9.17) is 0 Å². The van der Waals surface area contributed by atoms with Crippen LogP contribution in [0.15, 0.2) is 23.1 Å². The van der Waals surface area contributed by atoms with Crippen molar-refractivity contribution in [3.8, 4) is 0 Å². The molecule has 0 heterocycles. The average molecular weight is 325 g/mol. The molecule has 122 valence electrons. The molecule has 0 aromatic heterocycles. The Kier molecular flexibility index (Phi) is 6.83. The van der Waals surface area contributed by atoms with E-state index in [1.165, 1.54) is 17.8 Å². The molecular weight excluding hydrogens is 302 g/mol. The van der Waals surface area contributed by atoms with Crippen LogP contribution in [0.4, 0.5) is 5.69 Å². The van der Waals surface area contributed by atoms with Gasteiger partial charge in [-0.2, -0.15) is 0 Å². The quantitative estimate of drug-likeness (QED) is 0.474. The molecule has 7 heteroatoms. The van der Waals surface area contributed by atoms with Gasteiger partial charge in [-0.25, -0.2) is 0 Å².